The van der Waals surface area contributed by atoms with Crippen molar-refractivity contribution in [1.82, 2.24) is 24.9 Å². The highest BCUT2D eigenvalue weighted by Gasteiger charge is 2.34. The molecule has 0 radical (unpaired) electrons. The van der Waals surface area contributed by atoms with Gasteiger partial charge in [0.15, 0.2) is 0 Å². The van der Waals surface area contributed by atoms with E-state index in [0.29, 0.717) is 18.6 Å². The van der Waals surface area contributed by atoms with Crippen LogP contribution in [0.5, 0.6) is 0 Å². The van der Waals surface area contributed by atoms with Crippen LogP contribution in [0.3, 0.4) is 0 Å². The SMILES string of the molecule is O=C(N[C@H]1CCC[C@H]1C(=O)O)c1nc2ncccn2n1. The van der Waals surface area contributed by atoms with Crippen molar-refractivity contribution in [2.75, 3.05) is 0 Å². The number of carboxylic acid groups (broad SMARTS) is 1. The average Bonchev–Trinajstić information content (AvgIpc) is 3.03. The predicted octanol–water partition coefficient (Wildman–Crippen LogP) is 0.107. The molecular weight excluding hydrogens is 262 g/mol. The molecule has 0 spiro atoms. The summed E-state index contributed by atoms with van der Waals surface area (Å²) in [4.78, 5) is 31.1. The molecule has 2 atom stereocenters. The monoisotopic (exact) mass is 275 g/mol. The molecule has 0 aromatic carbocycles. The highest BCUT2D eigenvalue weighted by atomic mass is 16.4. The second kappa shape index (κ2) is 4.87. The molecule has 1 amide bonds. The maximum Gasteiger partial charge on any atom is 0.308 e. The average molecular weight is 275 g/mol. The largest absolute Gasteiger partial charge is 0.481 e. The second-order valence-corrected chi connectivity index (χ2v) is 4.76. The van der Waals surface area contributed by atoms with Gasteiger partial charge in [0.05, 0.1) is 5.92 Å². The van der Waals surface area contributed by atoms with Crippen LogP contribution in [0.2, 0.25) is 0 Å². The smallest absolute Gasteiger partial charge is 0.308 e. The lowest BCUT2D eigenvalue weighted by Gasteiger charge is -2.16. The van der Waals surface area contributed by atoms with E-state index in [4.69, 9.17) is 5.11 Å². The van der Waals surface area contributed by atoms with Gasteiger partial charge in [0.1, 0.15) is 0 Å². The summed E-state index contributed by atoms with van der Waals surface area (Å²) in [7, 11) is 0. The van der Waals surface area contributed by atoms with E-state index in [9.17, 15) is 9.59 Å². The number of carbonyl (C=O) groups is 2. The lowest BCUT2D eigenvalue weighted by atomic mass is 10.0. The Balaban J connectivity index is 1.77. The van der Waals surface area contributed by atoms with Crippen LogP contribution < -0.4 is 5.32 Å². The molecule has 8 heteroatoms. The van der Waals surface area contributed by atoms with Gasteiger partial charge in [-0.25, -0.2) is 9.50 Å². The number of carbonyl (C=O) groups excluding carboxylic acids is 1. The molecule has 2 heterocycles. The third kappa shape index (κ3) is 2.20. The number of aliphatic carboxylic acids is 1. The van der Waals surface area contributed by atoms with E-state index in [1.807, 2.05) is 0 Å². The third-order valence-electron chi connectivity index (χ3n) is 3.47. The van der Waals surface area contributed by atoms with Gasteiger partial charge in [-0.1, -0.05) is 6.42 Å². The highest BCUT2D eigenvalue weighted by molar-refractivity contribution is 5.91. The molecule has 0 saturated heterocycles. The Hall–Kier alpha value is -2.51. The minimum atomic E-state index is -0.877. The van der Waals surface area contributed by atoms with Gasteiger partial charge in [-0.3, -0.25) is 9.59 Å². The molecular formula is C12H13N5O3. The van der Waals surface area contributed by atoms with Gasteiger partial charge in [-0.2, -0.15) is 4.98 Å². The Bertz CT molecular complexity index is 635. The minimum absolute atomic E-state index is 0.000242. The van der Waals surface area contributed by atoms with E-state index in [1.165, 1.54) is 4.52 Å². The standard InChI is InChI=1S/C12H13N5O3/c18-10(14-8-4-1-3-7(8)11(19)20)9-15-12-13-5-2-6-17(12)16-9/h2,5-8H,1,3-4H2,(H,14,18)(H,19,20)/t7-,8+/m1/s1. The fraction of sp³-hybridized carbons (Fsp3) is 0.417. The maximum atomic E-state index is 12.1. The quantitative estimate of drug-likeness (QED) is 0.822. The minimum Gasteiger partial charge on any atom is -0.481 e. The first-order valence-corrected chi connectivity index (χ1v) is 6.36. The van der Waals surface area contributed by atoms with E-state index < -0.39 is 17.8 Å². The molecule has 0 bridgehead atoms. The van der Waals surface area contributed by atoms with Crippen molar-refractivity contribution < 1.29 is 14.7 Å². The van der Waals surface area contributed by atoms with Gasteiger partial charge in [0.2, 0.25) is 5.82 Å². The molecule has 1 saturated carbocycles. The zero-order valence-electron chi connectivity index (χ0n) is 10.6. The summed E-state index contributed by atoms with van der Waals surface area (Å²) in [6.07, 6.45) is 5.24. The van der Waals surface area contributed by atoms with E-state index in [1.54, 1.807) is 18.5 Å². The van der Waals surface area contributed by atoms with Crippen molar-refractivity contribution in [2.24, 2.45) is 5.92 Å². The van der Waals surface area contributed by atoms with Crippen LogP contribution in [0.1, 0.15) is 29.9 Å². The molecule has 1 fully saturated rings. The van der Waals surface area contributed by atoms with Crippen molar-refractivity contribution in [3.8, 4) is 0 Å². The van der Waals surface area contributed by atoms with Gasteiger partial charge >= 0.3 is 5.97 Å². The molecule has 1 aliphatic carbocycles. The summed E-state index contributed by atoms with van der Waals surface area (Å²) in [5, 5.41) is 15.8. The van der Waals surface area contributed by atoms with E-state index >= 15 is 0 Å². The number of aromatic nitrogens is 4. The summed E-state index contributed by atoms with van der Waals surface area (Å²) in [6.45, 7) is 0. The molecule has 104 valence electrons. The molecule has 2 aromatic rings. The van der Waals surface area contributed by atoms with Crippen LogP contribution in [0.25, 0.3) is 5.78 Å². The van der Waals surface area contributed by atoms with Crippen molar-refractivity contribution in [1.29, 1.82) is 0 Å². The van der Waals surface area contributed by atoms with Crippen molar-refractivity contribution in [2.45, 2.75) is 25.3 Å². The maximum absolute atomic E-state index is 12.1. The van der Waals surface area contributed by atoms with Gasteiger partial charge in [0, 0.05) is 18.4 Å². The van der Waals surface area contributed by atoms with Gasteiger partial charge in [-0.05, 0) is 18.9 Å². The Morgan fingerprint density at radius 2 is 2.25 bits per heavy atom. The zero-order chi connectivity index (χ0) is 14.1. The van der Waals surface area contributed by atoms with Crippen LogP contribution in [-0.4, -0.2) is 42.6 Å². The summed E-state index contributed by atoms with van der Waals surface area (Å²) >= 11 is 0. The Labute approximate surface area is 113 Å². The predicted molar refractivity (Wildman–Crippen MR) is 67.0 cm³/mol. The number of rotatable bonds is 3. The Morgan fingerprint density at radius 3 is 3.00 bits per heavy atom. The van der Waals surface area contributed by atoms with Crippen LogP contribution in [0, 0.1) is 5.92 Å². The van der Waals surface area contributed by atoms with Crippen molar-refractivity contribution in [3.05, 3.63) is 24.3 Å². The number of hydrogen-bond acceptors (Lipinski definition) is 5. The fourth-order valence-corrected chi connectivity index (χ4v) is 2.49. The number of amides is 1. The van der Waals surface area contributed by atoms with Gasteiger partial charge in [-0.15, -0.1) is 5.10 Å². The summed E-state index contributed by atoms with van der Waals surface area (Å²) in [5.74, 6) is -1.54. The molecule has 2 N–H and O–H groups in total. The molecule has 3 rings (SSSR count). The van der Waals surface area contributed by atoms with E-state index in [-0.39, 0.29) is 11.9 Å². The topological polar surface area (TPSA) is 109 Å². The molecule has 2 aromatic heterocycles. The first-order chi connectivity index (χ1) is 9.65. The second-order valence-electron chi connectivity index (χ2n) is 4.76. The molecule has 0 aliphatic heterocycles. The summed E-state index contributed by atoms with van der Waals surface area (Å²) in [6, 6.07) is 1.32. The normalized spacial score (nSPS) is 22.0. The highest BCUT2D eigenvalue weighted by Crippen LogP contribution is 2.25. The van der Waals surface area contributed by atoms with Crippen molar-refractivity contribution >= 4 is 17.7 Å². The molecule has 0 unspecified atom stereocenters. The van der Waals surface area contributed by atoms with Gasteiger partial charge in [0.25, 0.3) is 11.7 Å². The number of fused-ring (bicyclic) bond motifs is 1. The van der Waals surface area contributed by atoms with Gasteiger partial charge < -0.3 is 10.4 Å². The van der Waals surface area contributed by atoms with Crippen LogP contribution in [0.15, 0.2) is 18.5 Å². The van der Waals surface area contributed by atoms with E-state index in [0.717, 1.165) is 6.42 Å². The molecule has 1 aliphatic rings. The first kappa shape index (κ1) is 12.5. The number of hydrogen-bond donors (Lipinski definition) is 2. The zero-order valence-corrected chi connectivity index (χ0v) is 10.6. The van der Waals surface area contributed by atoms with E-state index in [2.05, 4.69) is 20.4 Å². The summed E-state index contributed by atoms with van der Waals surface area (Å²) in [5.41, 5.74) is 0. The van der Waals surface area contributed by atoms with Crippen LogP contribution >= 0.6 is 0 Å². The van der Waals surface area contributed by atoms with Crippen molar-refractivity contribution in [3.63, 3.8) is 0 Å². The lowest BCUT2D eigenvalue weighted by Crippen LogP contribution is -2.40. The Kier molecular flexibility index (Phi) is 3.05. The first-order valence-electron chi connectivity index (χ1n) is 6.36. The molecule has 20 heavy (non-hydrogen) atoms. The third-order valence-corrected chi connectivity index (χ3v) is 3.47. The van der Waals surface area contributed by atoms with Crippen LogP contribution in [0.4, 0.5) is 0 Å². The van der Waals surface area contributed by atoms with Crippen LogP contribution in [-0.2, 0) is 4.79 Å². The Morgan fingerprint density at radius 1 is 1.40 bits per heavy atom. The summed E-state index contributed by atoms with van der Waals surface area (Å²) < 4.78 is 1.40. The number of nitrogens with zero attached hydrogens (tertiary/aromatic N) is 4. The number of carboxylic acids is 1. The lowest BCUT2D eigenvalue weighted by molar-refractivity contribution is -0.142. The number of nitrogens with one attached hydrogen (secondary N) is 1. The molecule has 8 nitrogen and oxygen atoms in total. The fourth-order valence-electron chi connectivity index (χ4n) is 2.49.